The van der Waals surface area contributed by atoms with Crippen LogP contribution in [0.5, 0.6) is 0 Å². The summed E-state index contributed by atoms with van der Waals surface area (Å²) < 4.78 is 4.82. The van der Waals surface area contributed by atoms with E-state index in [1.807, 2.05) is 0 Å². The van der Waals surface area contributed by atoms with Crippen molar-refractivity contribution >= 4 is 65.2 Å². The molecule has 0 spiro atoms. The van der Waals surface area contributed by atoms with E-state index in [0.29, 0.717) is 0 Å². The molecule has 0 N–H and O–H groups in total. The van der Waals surface area contributed by atoms with E-state index >= 15 is 0 Å². The smallest absolute Gasteiger partial charge is 0.0547 e. The Bertz CT molecular complexity index is 3590. The van der Waals surface area contributed by atoms with Crippen LogP contribution in [0.1, 0.15) is 5.56 Å². The predicted octanol–water partition coefficient (Wildman–Crippen LogP) is 15.5. The summed E-state index contributed by atoms with van der Waals surface area (Å²) in [6.07, 6.45) is 0. The Labute approximate surface area is 342 Å². The lowest BCUT2D eigenvalue weighted by atomic mass is 9.85. The van der Waals surface area contributed by atoms with Gasteiger partial charge in [0.15, 0.2) is 0 Å². The molecular formula is C57H38N2. The van der Waals surface area contributed by atoms with Gasteiger partial charge in [0.2, 0.25) is 0 Å². The van der Waals surface area contributed by atoms with Crippen LogP contribution in [0.2, 0.25) is 0 Å². The van der Waals surface area contributed by atoms with Gasteiger partial charge in [-0.05, 0) is 116 Å². The maximum atomic E-state index is 2.44. The van der Waals surface area contributed by atoms with Crippen molar-refractivity contribution in [2.75, 3.05) is 0 Å². The van der Waals surface area contributed by atoms with Crippen molar-refractivity contribution in [3.05, 3.63) is 218 Å². The fraction of sp³-hybridized carbons (Fsp3) is 0.0175. The molecule has 0 atom stereocenters. The zero-order chi connectivity index (χ0) is 39.0. The number of rotatable bonds is 5. The van der Waals surface area contributed by atoms with Crippen LogP contribution in [0.25, 0.3) is 110 Å². The predicted molar refractivity (Wildman–Crippen MR) is 251 cm³/mol. The van der Waals surface area contributed by atoms with Crippen LogP contribution in [0.3, 0.4) is 0 Å². The third-order valence-electron chi connectivity index (χ3n) is 12.4. The molecule has 59 heavy (non-hydrogen) atoms. The van der Waals surface area contributed by atoms with Gasteiger partial charge in [0.25, 0.3) is 0 Å². The van der Waals surface area contributed by atoms with Crippen molar-refractivity contribution in [2.45, 2.75) is 6.92 Å². The fourth-order valence-electron chi connectivity index (χ4n) is 9.73. The number of aryl methyl sites for hydroxylation is 1. The molecule has 276 valence electrons. The Balaban J connectivity index is 1.02. The quantitative estimate of drug-likeness (QED) is 0.155. The molecular weight excluding hydrogens is 713 g/mol. The molecule has 2 aromatic heterocycles. The third-order valence-corrected chi connectivity index (χ3v) is 12.4. The monoisotopic (exact) mass is 750 g/mol. The van der Waals surface area contributed by atoms with Gasteiger partial charge in [-0.15, -0.1) is 0 Å². The molecule has 0 unspecified atom stereocenters. The van der Waals surface area contributed by atoms with Gasteiger partial charge >= 0.3 is 0 Å². The van der Waals surface area contributed by atoms with Crippen LogP contribution in [-0.2, 0) is 0 Å². The van der Waals surface area contributed by atoms with Crippen molar-refractivity contribution < 1.29 is 0 Å². The molecule has 2 nitrogen and oxygen atoms in total. The van der Waals surface area contributed by atoms with Crippen LogP contribution < -0.4 is 0 Å². The van der Waals surface area contributed by atoms with Crippen LogP contribution in [-0.4, -0.2) is 9.13 Å². The molecule has 12 rings (SSSR count). The average molecular weight is 751 g/mol. The summed E-state index contributed by atoms with van der Waals surface area (Å²) in [5.74, 6) is 0. The molecule has 0 fully saturated rings. The lowest BCUT2D eigenvalue weighted by Gasteiger charge is -2.18. The molecule has 0 amide bonds. The van der Waals surface area contributed by atoms with Gasteiger partial charge in [-0.1, -0.05) is 163 Å². The van der Waals surface area contributed by atoms with Gasteiger partial charge < -0.3 is 9.13 Å². The van der Waals surface area contributed by atoms with Crippen LogP contribution in [0, 0.1) is 6.92 Å². The second-order valence-corrected chi connectivity index (χ2v) is 15.8. The van der Waals surface area contributed by atoms with Crippen LogP contribution >= 0.6 is 0 Å². The summed E-state index contributed by atoms with van der Waals surface area (Å²) in [6.45, 7) is 2.20. The maximum absolute atomic E-state index is 2.44. The maximum Gasteiger partial charge on any atom is 0.0547 e. The third kappa shape index (κ3) is 5.20. The Kier molecular flexibility index (Phi) is 7.48. The van der Waals surface area contributed by atoms with E-state index in [-0.39, 0.29) is 0 Å². The summed E-state index contributed by atoms with van der Waals surface area (Å²) in [4.78, 5) is 0. The Morgan fingerprint density at radius 2 is 0.695 bits per heavy atom. The highest BCUT2D eigenvalue weighted by molar-refractivity contribution is 6.21. The average Bonchev–Trinajstić information content (AvgIpc) is 3.81. The lowest BCUT2D eigenvalue weighted by molar-refractivity contribution is 1.18. The number of fused-ring (bicyclic) bond motifs is 8. The summed E-state index contributed by atoms with van der Waals surface area (Å²) in [5.41, 5.74) is 15.8. The highest BCUT2D eigenvalue weighted by Crippen LogP contribution is 2.45. The first-order chi connectivity index (χ1) is 29.2. The van der Waals surface area contributed by atoms with Gasteiger partial charge in [-0.3, -0.25) is 0 Å². The number of aromatic nitrogens is 2. The van der Waals surface area contributed by atoms with Crippen LogP contribution in [0.4, 0.5) is 0 Å². The molecule has 2 heteroatoms. The minimum atomic E-state index is 1.14. The van der Waals surface area contributed by atoms with Crippen molar-refractivity contribution in [1.82, 2.24) is 9.13 Å². The fourth-order valence-corrected chi connectivity index (χ4v) is 9.73. The normalized spacial score (nSPS) is 11.8. The number of nitrogens with zero attached hydrogens (tertiary/aromatic N) is 2. The van der Waals surface area contributed by atoms with E-state index in [1.54, 1.807) is 0 Å². The van der Waals surface area contributed by atoms with Crippen molar-refractivity contribution in [1.29, 1.82) is 0 Å². The Morgan fingerprint density at radius 1 is 0.254 bits per heavy atom. The Morgan fingerprint density at radius 3 is 1.41 bits per heavy atom. The van der Waals surface area contributed by atoms with Gasteiger partial charge in [0.1, 0.15) is 0 Å². The zero-order valence-corrected chi connectivity index (χ0v) is 32.6. The van der Waals surface area contributed by atoms with Crippen LogP contribution in [0.15, 0.2) is 212 Å². The van der Waals surface area contributed by atoms with Crippen molar-refractivity contribution in [3.8, 4) is 44.8 Å². The van der Waals surface area contributed by atoms with Gasteiger partial charge in [-0.2, -0.15) is 0 Å². The van der Waals surface area contributed by atoms with Gasteiger partial charge in [-0.25, -0.2) is 0 Å². The summed E-state index contributed by atoms with van der Waals surface area (Å²) in [6, 6.07) is 78.1. The molecule has 0 saturated heterocycles. The molecule has 2 heterocycles. The number of hydrogen-bond donors (Lipinski definition) is 0. The van der Waals surface area contributed by atoms with E-state index in [4.69, 9.17) is 0 Å². The molecule has 0 aliphatic carbocycles. The lowest BCUT2D eigenvalue weighted by Crippen LogP contribution is -1.95. The molecule has 0 radical (unpaired) electrons. The van der Waals surface area contributed by atoms with E-state index in [2.05, 4.69) is 228 Å². The van der Waals surface area contributed by atoms with E-state index < -0.39 is 0 Å². The van der Waals surface area contributed by atoms with Crippen molar-refractivity contribution in [2.24, 2.45) is 0 Å². The molecule has 0 bridgehead atoms. The second kappa shape index (κ2) is 13.2. The summed E-state index contributed by atoms with van der Waals surface area (Å²) >= 11 is 0. The zero-order valence-electron chi connectivity index (χ0n) is 32.6. The topological polar surface area (TPSA) is 9.86 Å². The number of benzene rings is 10. The summed E-state index contributed by atoms with van der Waals surface area (Å²) in [5, 5.41) is 10.1. The van der Waals surface area contributed by atoms with Crippen molar-refractivity contribution in [3.63, 3.8) is 0 Å². The molecule has 12 aromatic rings. The number of hydrogen-bond acceptors (Lipinski definition) is 0. The largest absolute Gasteiger partial charge is 0.309 e. The minimum absolute atomic E-state index is 1.14. The Hall–Kier alpha value is -7.68. The first kappa shape index (κ1) is 33.5. The van der Waals surface area contributed by atoms with E-state index in [1.165, 1.54) is 110 Å². The van der Waals surface area contributed by atoms with Gasteiger partial charge in [0, 0.05) is 32.9 Å². The van der Waals surface area contributed by atoms with E-state index in [9.17, 15) is 0 Å². The standard InChI is InChI=1S/C57H38N2/c1-37-24-31-49-51(34-37)57(48-21-9-8-20-47(48)56(49)38-14-4-2-5-15-38)39-25-29-43(30-26-39)59-52-22-12-10-18-44(52)46-32-27-41(36-55(46)59)40-28-33-54-50(35-40)45-19-11-13-23-53(45)58(54)42-16-6-3-7-17-42/h2-36H,1H3. The second-order valence-electron chi connectivity index (χ2n) is 15.8. The molecule has 0 saturated carbocycles. The molecule has 0 aliphatic rings. The van der Waals surface area contributed by atoms with Gasteiger partial charge in [0.05, 0.1) is 22.1 Å². The summed E-state index contributed by atoms with van der Waals surface area (Å²) in [7, 11) is 0. The highest BCUT2D eigenvalue weighted by atomic mass is 15.0. The first-order valence-electron chi connectivity index (χ1n) is 20.4. The SMILES string of the molecule is Cc1ccc2c(-c3ccccc3)c3ccccc3c(-c3ccc(-n4c5ccccc5c5ccc(-c6ccc7c(c6)c6ccccc6n7-c6ccccc6)cc54)cc3)c2c1. The molecule has 10 aromatic carbocycles. The molecule has 0 aliphatic heterocycles. The number of para-hydroxylation sites is 3. The minimum Gasteiger partial charge on any atom is -0.309 e. The highest BCUT2D eigenvalue weighted by Gasteiger charge is 2.19. The van der Waals surface area contributed by atoms with E-state index in [0.717, 1.165) is 5.69 Å². The first-order valence-corrected chi connectivity index (χ1v) is 20.4.